The summed E-state index contributed by atoms with van der Waals surface area (Å²) in [6.45, 7) is 0.816. The van der Waals surface area contributed by atoms with Crippen molar-refractivity contribution in [1.82, 2.24) is 9.78 Å². The minimum atomic E-state index is -0.382. The fourth-order valence-corrected chi connectivity index (χ4v) is 3.09. The first kappa shape index (κ1) is 14.5. The van der Waals surface area contributed by atoms with Gasteiger partial charge in [-0.3, -0.25) is 10.1 Å². The SMILES string of the molecule is O=[N+]([O-])c1ccccc1-n1nc(-c2ccco2)c2c1NCCCC2. The van der Waals surface area contributed by atoms with Gasteiger partial charge in [-0.05, 0) is 37.5 Å². The Kier molecular flexibility index (Phi) is 3.53. The van der Waals surface area contributed by atoms with E-state index in [1.54, 1.807) is 29.1 Å². The summed E-state index contributed by atoms with van der Waals surface area (Å²) in [5.41, 5.74) is 2.26. The number of hydrogen-bond donors (Lipinski definition) is 1. The van der Waals surface area contributed by atoms with Crippen LogP contribution in [0.4, 0.5) is 11.5 Å². The van der Waals surface area contributed by atoms with Crippen LogP contribution in [0.2, 0.25) is 0 Å². The molecule has 0 spiro atoms. The van der Waals surface area contributed by atoms with Crippen molar-refractivity contribution in [2.24, 2.45) is 0 Å². The molecule has 7 nitrogen and oxygen atoms in total. The highest BCUT2D eigenvalue weighted by molar-refractivity contribution is 5.69. The van der Waals surface area contributed by atoms with Crippen LogP contribution in [0.15, 0.2) is 47.1 Å². The van der Waals surface area contributed by atoms with E-state index in [1.807, 2.05) is 12.1 Å². The predicted octanol–water partition coefficient (Wildman–Crippen LogP) is 3.79. The van der Waals surface area contributed by atoms with Crippen molar-refractivity contribution in [1.29, 1.82) is 0 Å². The van der Waals surface area contributed by atoms with E-state index < -0.39 is 0 Å². The molecule has 3 aromatic rings. The van der Waals surface area contributed by atoms with E-state index in [1.165, 1.54) is 6.07 Å². The molecule has 7 heteroatoms. The summed E-state index contributed by atoms with van der Waals surface area (Å²) in [4.78, 5) is 11.0. The number of rotatable bonds is 3. The summed E-state index contributed by atoms with van der Waals surface area (Å²) in [6, 6.07) is 10.3. The van der Waals surface area contributed by atoms with Crippen LogP contribution >= 0.6 is 0 Å². The highest BCUT2D eigenvalue weighted by atomic mass is 16.6. The predicted molar refractivity (Wildman–Crippen MR) is 89.3 cm³/mol. The maximum absolute atomic E-state index is 11.4. The zero-order chi connectivity index (χ0) is 16.5. The molecule has 0 aliphatic carbocycles. The standard InChI is InChI=1S/C17H16N4O3/c22-21(23)14-8-2-1-7-13(14)20-17-12(6-3-4-10-18-17)16(19-20)15-9-5-11-24-15/h1-2,5,7-9,11,18H,3-4,6,10H2. The van der Waals surface area contributed by atoms with Gasteiger partial charge in [-0.2, -0.15) is 5.10 Å². The number of para-hydroxylation sites is 2. The van der Waals surface area contributed by atoms with Crippen LogP contribution in [0.1, 0.15) is 18.4 Å². The van der Waals surface area contributed by atoms with Gasteiger partial charge in [0.25, 0.3) is 5.69 Å². The number of furan rings is 1. The molecule has 1 aliphatic heterocycles. The van der Waals surface area contributed by atoms with Crippen LogP contribution in [0.3, 0.4) is 0 Å². The number of nitro benzene ring substituents is 1. The van der Waals surface area contributed by atoms with Gasteiger partial charge in [-0.25, -0.2) is 4.68 Å². The van der Waals surface area contributed by atoms with Crippen molar-refractivity contribution in [2.45, 2.75) is 19.3 Å². The molecule has 24 heavy (non-hydrogen) atoms. The molecule has 1 aliphatic rings. The molecule has 0 saturated heterocycles. The van der Waals surface area contributed by atoms with Crippen LogP contribution in [0.5, 0.6) is 0 Å². The van der Waals surface area contributed by atoms with Gasteiger partial charge in [0.1, 0.15) is 17.2 Å². The number of fused-ring (bicyclic) bond motifs is 1. The Morgan fingerprint density at radius 3 is 2.88 bits per heavy atom. The van der Waals surface area contributed by atoms with Gasteiger partial charge in [0.2, 0.25) is 0 Å². The number of nitrogens with zero attached hydrogens (tertiary/aromatic N) is 3. The van der Waals surface area contributed by atoms with Crippen LogP contribution < -0.4 is 5.32 Å². The highest BCUT2D eigenvalue weighted by Gasteiger charge is 2.26. The van der Waals surface area contributed by atoms with Crippen molar-refractivity contribution in [3.8, 4) is 17.1 Å². The summed E-state index contributed by atoms with van der Waals surface area (Å²) in [6.07, 6.45) is 4.55. The fourth-order valence-electron chi connectivity index (χ4n) is 3.09. The van der Waals surface area contributed by atoms with E-state index in [9.17, 15) is 10.1 Å². The Balaban J connectivity index is 1.95. The van der Waals surface area contributed by atoms with E-state index in [0.29, 0.717) is 11.4 Å². The average Bonchev–Trinajstić information content (AvgIpc) is 3.17. The molecule has 0 unspecified atom stereocenters. The fraction of sp³-hybridized carbons (Fsp3) is 0.235. The van der Waals surface area contributed by atoms with Crippen molar-refractivity contribution in [3.05, 3.63) is 58.3 Å². The molecule has 0 saturated carbocycles. The maximum atomic E-state index is 11.4. The number of nitrogens with one attached hydrogen (secondary N) is 1. The molecule has 2 aromatic heterocycles. The molecule has 1 N–H and O–H groups in total. The van der Waals surface area contributed by atoms with Crippen molar-refractivity contribution in [3.63, 3.8) is 0 Å². The molecule has 3 heterocycles. The first-order valence-corrected chi connectivity index (χ1v) is 7.89. The summed E-state index contributed by atoms with van der Waals surface area (Å²) in [5, 5.41) is 19.4. The molecular weight excluding hydrogens is 308 g/mol. The summed E-state index contributed by atoms with van der Waals surface area (Å²) >= 11 is 0. The molecule has 0 atom stereocenters. The lowest BCUT2D eigenvalue weighted by molar-refractivity contribution is -0.384. The Hall–Kier alpha value is -3.09. The average molecular weight is 324 g/mol. The number of nitro groups is 1. The third-order valence-corrected chi connectivity index (χ3v) is 4.19. The van der Waals surface area contributed by atoms with Gasteiger partial charge in [0, 0.05) is 18.2 Å². The quantitative estimate of drug-likeness (QED) is 0.585. The van der Waals surface area contributed by atoms with Crippen molar-refractivity contribution < 1.29 is 9.34 Å². The third-order valence-electron chi connectivity index (χ3n) is 4.19. The van der Waals surface area contributed by atoms with Crippen LogP contribution in [0.25, 0.3) is 17.1 Å². The van der Waals surface area contributed by atoms with Crippen LogP contribution in [0, 0.1) is 10.1 Å². The van der Waals surface area contributed by atoms with Crippen molar-refractivity contribution in [2.75, 3.05) is 11.9 Å². The van der Waals surface area contributed by atoms with Gasteiger partial charge in [0.15, 0.2) is 5.76 Å². The van der Waals surface area contributed by atoms with Gasteiger partial charge in [-0.15, -0.1) is 0 Å². The van der Waals surface area contributed by atoms with E-state index >= 15 is 0 Å². The Morgan fingerprint density at radius 1 is 1.21 bits per heavy atom. The van der Waals surface area contributed by atoms with Gasteiger partial charge >= 0.3 is 0 Å². The van der Waals surface area contributed by atoms with E-state index in [0.717, 1.165) is 42.9 Å². The molecule has 0 radical (unpaired) electrons. The van der Waals surface area contributed by atoms with Gasteiger partial charge in [0.05, 0.1) is 11.2 Å². The molecule has 0 bridgehead atoms. The molecular formula is C17H16N4O3. The zero-order valence-electron chi connectivity index (χ0n) is 12.9. The Bertz CT molecular complexity index is 883. The summed E-state index contributed by atoms with van der Waals surface area (Å²) in [7, 11) is 0. The lowest BCUT2D eigenvalue weighted by Crippen LogP contribution is -2.08. The second kappa shape index (κ2) is 5.84. The number of aromatic nitrogens is 2. The Morgan fingerprint density at radius 2 is 2.08 bits per heavy atom. The minimum Gasteiger partial charge on any atom is -0.463 e. The normalized spacial score (nSPS) is 13.8. The number of anilines is 1. The lowest BCUT2D eigenvalue weighted by Gasteiger charge is -2.09. The Labute approximate surface area is 138 Å². The molecule has 0 amide bonds. The van der Waals surface area contributed by atoms with Gasteiger partial charge in [-0.1, -0.05) is 12.1 Å². The van der Waals surface area contributed by atoms with Gasteiger partial charge < -0.3 is 9.73 Å². The molecule has 122 valence electrons. The highest BCUT2D eigenvalue weighted by Crippen LogP contribution is 2.36. The van der Waals surface area contributed by atoms with Crippen LogP contribution in [-0.4, -0.2) is 21.2 Å². The minimum absolute atomic E-state index is 0.0276. The van der Waals surface area contributed by atoms with Crippen molar-refractivity contribution >= 4 is 11.5 Å². The number of hydrogen-bond acceptors (Lipinski definition) is 5. The largest absolute Gasteiger partial charge is 0.463 e. The topological polar surface area (TPSA) is 86.1 Å². The summed E-state index contributed by atoms with van der Waals surface area (Å²) in [5.74, 6) is 1.49. The maximum Gasteiger partial charge on any atom is 0.294 e. The third kappa shape index (κ3) is 2.34. The molecule has 4 rings (SSSR count). The lowest BCUT2D eigenvalue weighted by atomic mass is 10.1. The monoisotopic (exact) mass is 324 g/mol. The first-order valence-electron chi connectivity index (χ1n) is 7.89. The molecule has 1 aromatic carbocycles. The van der Waals surface area contributed by atoms with E-state index in [2.05, 4.69) is 10.4 Å². The smallest absolute Gasteiger partial charge is 0.294 e. The second-order valence-corrected chi connectivity index (χ2v) is 5.69. The second-order valence-electron chi connectivity index (χ2n) is 5.69. The molecule has 0 fully saturated rings. The zero-order valence-corrected chi connectivity index (χ0v) is 12.9. The van der Waals surface area contributed by atoms with Crippen LogP contribution in [-0.2, 0) is 6.42 Å². The number of benzene rings is 1. The van der Waals surface area contributed by atoms with E-state index in [4.69, 9.17) is 4.42 Å². The summed E-state index contributed by atoms with van der Waals surface area (Å²) < 4.78 is 7.15. The first-order chi connectivity index (χ1) is 11.8. The van der Waals surface area contributed by atoms with E-state index in [-0.39, 0.29) is 10.6 Å².